The second-order valence-electron chi connectivity index (χ2n) is 6.29. The van der Waals surface area contributed by atoms with Crippen LogP contribution >= 0.6 is 0 Å². The molecule has 1 N–H and O–H groups in total. The zero-order chi connectivity index (χ0) is 21.1. The molecule has 0 radical (unpaired) electrons. The molecule has 2 aromatic carbocycles. The first-order valence-electron chi connectivity index (χ1n) is 9.59. The molecular weight excluding hydrogens is 370 g/mol. The van der Waals surface area contributed by atoms with Gasteiger partial charge in [-0.3, -0.25) is 0 Å². The maximum absolute atomic E-state index is 5.78. The predicted octanol–water partition coefficient (Wildman–Crippen LogP) is 3.19. The normalized spacial score (nSPS) is 11.0. The second kappa shape index (κ2) is 11.7. The van der Waals surface area contributed by atoms with E-state index in [2.05, 4.69) is 5.32 Å². The van der Waals surface area contributed by atoms with Gasteiger partial charge in [0, 0.05) is 13.6 Å². The lowest BCUT2D eigenvalue weighted by molar-refractivity contribution is 0.281. The van der Waals surface area contributed by atoms with Crippen molar-refractivity contribution in [2.45, 2.75) is 13.5 Å². The van der Waals surface area contributed by atoms with Gasteiger partial charge in [0.1, 0.15) is 12.4 Å². The summed E-state index contributed by atoms with van der Waals surface area (Å²) in [7, 11) is 6.79. The highest BCUT2D eigenvalue weighted by molar-refractivity contribution is 5.79. The first-order valence-corrected chi connectivity index (χ1v) is 9.59. The van der Waals surface area contributed by atoms with E-state index in [1.54, 1.807) is 21.3 Å². The monoisotopic (exact) mass is 401 g/mol. The molecule has 0 amide bonds. The van der Waals surface area contributed by atoms with Crippen molar-refractivity contribution in [1.82, 2.24) is 10.2 Å². The number of hydrogen-bond acceptors (Lipinski definition) is 5. The highest BCUT2D eigenvalue weighted by atomic mass is 16.5. The fourth-order valence-corrected chi connectivity index (χ4v) is 2.79. The molecule has 0 heterocycles. The Labute approximate surface area is 173 Å². The Bertz CT molecular complexity index is 756. The molecule has 2 aromatic rings. The largest absolute Gasteiger partial charge is 0.493 e. The SMILES string of the molecule is CCNC(=NCc1cc(OC)c(OC)c(OC)c1)N(C)CCOc1ccccc1. The highest BCUT2D eigenvalue weighted by Gasteiger charge is 2.13. The van der Waals surface area contributed by atoms with Gasteiger partial charge in [0.25, 0.3) is 0 Å². The number of benzene rings is 2. The molecule has 0 aliphatic carbocycles. The molecule has 0 unspecified atom stereocenters. The summed E-state index contributed by atoms with van der Waals surface area (Å²) < 4.78 is 22.0. The molecule has 0 aromatic heterocycles. The van der Waals surface area contributed by atoms with Crippen molar-refractivity contribution in [1.29, 1.82) is 0 Å². The van der Waals surface area contributed by atoms with Gasteiger partial charge in [0.05, 0.1) is 34.4 Å². The Kier molecular flexibility index (Phi) is 8.95. The van der Waals surface area contributed by atoms with Crippen molar-refractivity contribution >= 4 is 5.96 Å². The van der Waals surface area contributed by atoms with E-state index < -0.39 is 0 Å². The van der Waals surface area contributed by atoms with Gasteiger partial charge in [-0.25, -0.2) is 4.99 Å². The Morgan fingerprint density at radius 1 is 1.00 bits per heavy atom. The van der Waals surface area contributed by atoms with Gasteiger partial charge in [0.15, 0.2) is 17.5 Å². The summed E-state index contributed by atoms with van der Waals surface area (Å²) in [4.78, 5) is 6.79. The molecule has 7 nitrogen and oxygen atoms in total. The smallest absolute Gasteiger partial charge is 0.203 e. The number of para-hydroxylation sites is 1. The minimum Gasteiger partial charge on any atom is -0.493 e. The van der Waals surface area contributed by atoms with Crippen LogP contribution in [0, 0.1) is 0 Å². The summed E-state index contributed by atoms with van der Waals surface area (Å²) in [5.74, 6) is 3.47. The molecule has 0 saturated carbocycles. The van der Waals surface area contributed by atoms with Crippen molar-refractivity contribution < 1.29 is 18.9 Å². The maximum Gasteiger partial charge on any atom is 0.203 e. The molecule has 29 heavy (non-hydrogen) atoms. The number of methoxy groups -OCH3 is 3. The van der Waals surface area contributed by atoms with Crippen molar-refractivity contribution in [3.8, 4) is 23.0 Å². The Morgan fingerprint density at radius 3 is 2.21 bits per heavy atom. The van der Waals surface area contributed by atoms with Crippen LogP contribution in [0.15, 0.2) is 47.5 Å². The summed E-state index contributed by atoms with van der Waals surface area (Å²) in [6, 6.07) is 13.6. The molecule has 0 aliphatic rings. The molecule has 158 valence electrons. The van der Waals surface area contributed by atoms with Crippen LogP contribution in [0.4, 0.5) is 0 Å². The van der Waals surface area contributed by atoms with Crippen LogP contribution in [0.1, 0.15) is 12.5 Å². The number of nitrogens with zero attached hydrogens (tertiary/aromatic N) is 2. The Balaban J connectivity index is 2.05. The number of aliphatic imine (C=N–C) groups is 1. The third kappa shape index (κ3) is 6.48. The van der Waals surface area contributed by atoms with E-state index in [-0.39, 0.29) is 0 Å². The van der Waals surface area contributed by atoms with Gasteiger partial charge in [0.2, 0.25) is 5.75 Å². The zero-order valence-electron chi connectivity index (χ0n) is 17.9. The van der Waals surface area contributed by atoms with Crippen LogP contribution < -0.4 is 24.3 Å². The van der Waals surface area contributed by atoms with Crippen LogP contribution in [0.25, 0.3) is 0 Å². The van der Waals surface area contributed by atoms with E-state index in [1.807, 2.05) is 61.3 Å². The molecule has 2 rings (SSSR count). The van der Waals surface area contributed by atoms with Gasteiger partial charge in [-0.1, -0.05) is 18.2 Å². The topological polar surface area (TPSA) is 64.6 Å². The quantitative estimate of drug-likeness (QED) is 0.487. The van der Waals surface area contributed by atoms with Crippen molar-refractivity contribution in [3.63, 3.8) is 0 Å². The lowest BCUT2D eigenvalue weighted by atomic mass is 10.2. The Morgan fingerprint density at radius 2 is 1.66 bits per heavy atom. The molecule has 0 aliphatic heterocycles. The molecule has 7 heteroatoms. The molecule has 0 fully saturated rings. The first-order chi connectivity index (χ1) is 14.1. The molecule has 0 atom stereocenters. The number of ether oxygens (including phenoxy) is 4. The lowest BCUT2D eigenvalue weighted by Gasteiger charge is -2.22. The van der Waals surface area contributed by atoms with E-state index in [0.29, 0.717) is 36.9 Å². The van der Waals surface area contributed by atoms with Crippen LogP contribution in [0.5, 0.6) is 23.0 Å². The molecule has 0 spiro atoms. The summed E-state index contributed by atoms with van der Waals surface area (Å²) >= 11 is 0. The van der Waals surface area contributed by atoms with E-state index >= 15 is 0 Å². The van der Waals surface area contributed by atoms with Gasteiger partial charge in [-0.2, -0.15) is 0 Å². The van der Waals surface area contributed by atoms with Crippen molar-refractivity contribution in [3.05, 3.63) is 48.0 Å². The summed E-state index contributed by atoms with van der Waals surface area (Å²) in [6.45, 7) is 4.56. The highest BCUT2D eigenvalue weighted by Crippen LogP contribution is 2.38. The van der Waals surface area contributed by atoms with Crippen LogP contribution in [-0.4, -0.2) is 58.9 Å². The predicted molar refractivity (Wildman–Crippen MR) is 115 cm³/mol. The fraction of sp³-hybridized carbons (Fsp3) is 0.409. The standard InChI is InChI=1S/C22H31N3O4/c1-6-23-22(25(2)12-13-29-18-10-8-7-9-11-18)24-16-17-14-19(26-3)21(28-5)20(15-17)27-4/h7-11,14-15H,6,12-13,16H2,1-5H3,(H,23,24). The first kappa shape index (κ1) is 22.2. The van der Waals surface area contributed by atoms with E-state index in [0.717, 1.165) is 23.8 Å². The average Bonchev–Trinajstić information content (AvgIpc) is 2.76. The minimum absolute atomic E-state index is 0.475. The van der Waals surface area contributed by atoms with E-state index in [1.165, 1.54) is 0 Å². The van der Waals surface area contributed by atoms with Crippen LogP contribution in [-0.2, 0) is 6.54 Å². The molecular formula is C22H31N3O4. The van der Waals surface area contributed by atoms with Crippen LogP contribution in [0.3, 0.4) is 0 Å². The second-order valence-corrected chi connectivity index (χ2v) is 6.29. The zero-order valence-corrected chi connectivity index (χ0v) is 17.9. The van der Waals surface area contributed by atoms with Gasteiger partial charge in [-0.05, 0) is 36.8 Å². The minimum atomic E-state index is 0.475. The number of nitrogens with one attached hydrogen (secondary N) is 1. The third-order valence-electron chi connectivity index (χ3n) is 4.27. The van der Waals surface area contributed by atoms with Gasteiger partial charge >= 0.3 is 0 Å². The number of rotatable bonds is 10. The summed E-state index contributed by atoms with van der Waals surface area (Å²) in [5.41, 5.74) is 0.962. The van der Waals surface area contributed by atoms with Crippen molar-refractivity contribution in [2.24, 2.45) is 4.99 Å². The van der Waals surface area contributed by atoms with Gasteiger partial charge in [-0.15, -0.1) is 0 Å². The van der Waals surface area contributed by atoms with Gasteiger partial charge < -0.3 is 29.2 Å². The van der Waals surface area contributed by atoms with E-state index in [9.17, 15) is 0 Å². The Hall–Kier alpha value is -3.09. The number of guanidine groups is 1. The van der Waals surface area contributed by atoms with Crippen LogP contribution in [0.2, 0.25) is 0 Å². The average molecular weight is 402 g/mol. The van der Waals surface area contributed by atoms with E-state index in [4.69, 9.17) is 23.9 Å². The number of likely N-dealkylation sites (N-methyl/N-ethyl adjacent to an activating group) is 1. The fourth-order valence-electron chi connectivity index (χ4n) is 2.79. The summed E-state index contributed by atoms with van der Waals surface area (Å²) in [6.07, 6.45) is 0. The maximum atomic E-state index is 5.78. The third-order valence-corrected chi connectivity index (χ3v) is 4.27. The summed E-state index contributed by atoms with van der Waals surface area (Å²) in [5, 5.41) is 3.31. The number of hydrogen-bond donors (Lipinski definition) is 1. The molecule has 0 saturated heterocycles. The molecule has 0 bridgehead atoms. The lowest BCUT2D eigenvalue weighted by Crippen LogP contribution is -2.40. The van der Waals surface area contributed by atoms with Crippen molar-refractivity contribution in [2.75, 3.05) is 48.1 Å².